The Kier molecular flexibility index (Phi) is 6.28. The minimum Gasteiger partial charge on any atom is -0.465 e. The van der Waals surface area contributed by atoms with E-state index in [1.165, 1.54) is 6.33 Å². The summed E-state index contributed by atoms with van der Waals surface area (Å²) in [5.74, 6) is 1.60. The predicted octanol–water partition coefficient (Wildman–Crippen LogP) is 4.18. The number of aromatic nitrogens is 3. The van der Waals surface area contributed by atoms with Gasteiger partial charge < -0.3 is 4.42 Å². The second kappa shape index (κ2) is 7.48. The Labute approximate surface area is 126 Å². The highest BCUT2D eigenvalue weighted by Gasteiger charge is 2.26. The second-order valence-electron chi connectivity index (χ2n) is 3.30. The quantitative estimate of drug-likeness (QED) is 0.779. The minimum absolute atomic E-state index is 0.166. The smallest absolute Gasteiger partial charge is 0.250 e. The number of halogens is 3. The van der Waals surface area contributed by atoms with Gasteiger partial charge in [0.25, 0.3) is 0 Å². The predicted molar refractivity (Wildman–Crippen MR) is 77.2 cm³/mol. The number of alkyl halides is 3. The number of nitrogens with zero attached hydrogens (tertiary/aromatic N) is 3. The molecule has 2 aromatic heterocycles. The molecule has 0 atom stereocenters. The molecule has 0 bridgehead atoms. The molecule has 2 rings (SSSR count). The van der Waals surface area contributed by atoms with Crippen molar-refractivity contribution in [3.05, 3.63) is 48.7 Å². The zero-order valence-corrected chi connectivity index (χ0v) is 12.5. The lowest BCUT2D eigenvalue weighted by Gasteiger charge is -2.08. The van der Waals surface area contributed by atoms with Gasteiger partial charge in [-0.3, -0.25) is 0 Å². The number of hydrogen-bond donors (Lipinski definition) is 0. The summed E-state index contributed by atoms with van der Waals surface area (Å²) in [4.78, 5) is 11.6. The van der Waals surface area contributed by atoms with Crippen LogP contribution >= 0.6 is 34.8 Å². The minimum atomic E-state index is -1.56. The van der Waals surface area contributed by atoms with E-state index >= 15 is 0 Å². The van der Waals surface area contributed by atoms with Crippen LogP contribution in [0.15, 0.2) is 35.7 Å². The Balaban J connectivity index is 0.000000218. The van der Waals surface area contributed by atoms with E-state index in [1.807, 2.05) is 19.1 Å². The molecule has 0 spiro atoms. The highest BCUT2D eigenvalue weighted by molar-refractivity contribution is 6.66. The van der Waals surface area contributed by atoms with Crippen molar-refractivity contribution in [3.8, 4) is 0 Å². The van der Waals surface area contributed by atoms with Crippen LogP contribution in [0.1, 0.15) is 24.3 Å². The molecule has 0 radical (unpaired) electrons. The lowest BCUT2D eigenvalue weighted by molar-refractivity contribution is 0.557. The molecule has 0 saturated carbocycles. The molecule has 0 aromatic carbocycles. The Morgan fingerprint density at radius 1 is 1.37 bits per heavy atom. The molecule has 2 heterocycles. The molecule has 0 saturated heterocycles. The molecule has 0 aliphatic carbocycles. The van der Waals surface area contributed by atoms with Crippen molar-refractivity contribution >= 4 is 40.9 Å². The van der Waals surface area contributed by atoms with Gasteiger partial charge in [0.2, 0.25) is 3.79 Å². The van der Waals surface area contributed by atoms with Crippen LogP contribution in [0.5, 0.6) is 0 Å². The van der Waals surface area contributed by atoms with Crippen LogP contribution < -0.4 is 0 Å². The summed E-state index contributed by atoms with van der Waals surface area (Å²) in [6.07, 6.45) is 5.32. The van der Waals surface area contributed by atoms with E-state index in [0.717, 1.165) is 5.76 Å². The Morgan fingerprint density at radius 3 is 2.53 bits per heavy atom. The van der Waals surface area contributed by atoms with Gasteiger partial charge in [-0.2, -0.15) is 0 Å². The average Bonchev–Trinajstić information content (AvgIpc) is 2.92. The number of aryl methyl sites for hydroxylation is 1. The summed E-state index contributed by atoms with van der Waals surface area (Å²) in [7, 11) is 0. The standard InChI is InChI=1S/C6H6Cl3N3.C6H6O/c1-2-4-10-3-11-5(12-4)6(7,8)9;1-2-6-4-3-5-7-6/h3H,2H2,1H3;2-5H,1H2. The van der Waals surface area contributed by atoms with Gasteiger partial charge in [0.15, 0.2) is 5.82 Å². The van der Waals surface area contributed by atoms with E-state index in [2.05, 4.69) is 21.5 Å². The van der Waals surface area contributed by atoms with E-state index in [-0.39, 0.29) is 5.82 Å². The van der Waals surface area contributed by atoms with Crippen molar-refractivity contribution in [2.45, 2.75) is 17.1 Å². The Bertz CT molecular complexity index is 509. The van der Waals surface area contributed by atoms with Crippen molar-refractivity contribution < 1.29 is 4.42 Å². The highest BCUT2D eigenvalue weighted by Crippen LogP contribution is 2.35. The largest absolute Gasteiger partial charge is 0.465 e. The van der Waals surface area contributed by atoms with Gasteiger partial charge in [-0.15, -0.1) is 0 Å². The van der Waals surface area contributed by atoms with Gasteiger partial charge in [0, 0.05) is 6.42 Å². The van der Waals surface area contributed by atoms with E-state index in [9.17, 15) is 0 Å². The van der Waals surface area contributed by atoms with Crippen LogP contribution in [-0.2, 0) is 10.2 Å². The molecule has 0 fully saturated rings. The SMILES string of the molecule is C=Cc1ccco1.CCc1ncnc(C(Cl)(Cl)Cl)n1. The third kappa shape index (κ3) is 5.59. The van der Waals surface area contributed by atoms with E-state index in [4.69, 9.17) is 39.2 Å². The molecular formula is C12H12Cl3N3O. The summed E-state index contributed by atoms with van der Waals surface area (Å²) < 4.78 is 3.30. The number of furan rings is 1. The van der Waals surface area contributed by atoms with Crippen molar-refractivity contribution in [3.63, 3.8) is 0 Å². The first kappa shape index (κ1) is 16.0. The van der Waals surface area contributed by atoms with Crippen LogP contribution in [0, 0.1) is 0 Å². The summed E-state index contributed by atoms with van der Waals surface area (Å²) in [5.41, 5.74) is 0. The highest BCUT2D eigenvalue weighted by atomic mass is 35.6. The normalized spacial score (nSPS) is 10.5. The molecule has 0 aliphatic rings. The van der Waals surface area contributed by atoms with Gasteiger partial charge in [0.05, 0.1) is 6.26 Å². The zero-order valence-electron chi connectivity index (χ0n) is 10.2. The first-order chi connectivity index (χ1) is 8.97. The summed E-state index contributed by atoms with van der Waals surface area (Å²) in [6, 6.07) is 3.68. The van der Waals surface area contributed by atoms with Crippen LogP contribution in [0.2, 0.25) is 0 Å². The zero-order chi connectivity index (χ0) is 14.3. The van der Waals surface area contributed by atoms with E-state index in [1.54, 1.807) is 12.3 Å². The van der Waals surface area contributed by atoms with Gasteiger partial charge in [-0.25, -0.2) is 15.0 Å². The van der Waals surface area contributed by atoms with Crippen molar-refractivity contribution in [2.75, 3.05) is 0 Å². The van der Waals surface area contributed by atoms with Crippen LogP contribution in [0.3, 0.4) is 0 Å². The van der Waals surface area contributed by atoms with Gasteiger partial charge >= 0.3 is 0 Å². The van der Waals surface area contributed by atoms with Gasteiger partial charge in [-0.1, -0.05) is 48.3 Å². The maximum atomic E-state index is 5.57. The first-order valence-corrected chi connectivity index (χ1v) is 6.51. The van der Waals surface area contributed by atoms with Crippen molar-refractivity contribution in [1.82, 2.24) is 15.0 Å². The monoisotopic (exact) mass is 319 g/mol. The molecule has 0 unspecified atom stereocenters. The summed E-state index contributed by atoms with van der Waals surface area (Å²) >= 11 is 16.7. The topological polar surface area (TPSA) is 51.8 Å². The molecule has 0 amide bonds. The molecule has 4 nitrogen and oxygen atoms in total. The fraction of sp³-hybridized carbons (Fsp3) is 0.250. The van der Waals surface area contributed by atoms with Gasteiger partial charge in [-0.05, 0) is 18.2 Å². The third-order valence-electron chi connectivity index (χ3n) is 1.94. The average molecular weight is 321 g/mol. The lowest BCUT2D eigenvalue weighted by Crippen LogP contribution is -2.09. The van der Waals surface area contributed by atoms with Crippen molar-refractivity contribution in [2.24, 2.45) is 0 Å². The molecule has 2 aromatic rings. The fourth-order valence-electron chi connectivity index (χ4n) is 1.04. The molecule has 7 heteroatoms. The number of rotatable bonds is 2. The Hall–Kier alpha value is -1.10. The molecule has 19 heavy (non-hydrogen) atoms. The third-order valence-corrected chi connectivity index (χ3v) is 2.44. The maximum absolute atomic E-state index is 5.57. The van der Waals surface area contributed by atoms with Crippen molar-refractivity contribution in [1.29, 1.82) is 0 Å². The first-order valence-electron chi connectivity index (χ1n) is 5.38. The maximum Gasteiger partial charge on any atom is 0.250 e. The lowest BCUT2D eigenvalue weighted by atomic mass is 10.4. The number of hydrogen-bond acceptors (Lipinski definition) is 4. The fourth-order valence-corrected chi connectivity index (χ4v) is 1.32. The molecule has 0 N–H and O–H groups in total. The second-order valence-corrected chi connectivity index (χ2v) is 5.58. The molecule has 0 aliphatic heterocycles. The Morgan fingerprint density at radius 2 is 2.11 bits per heavy atom. The van der Waals surface area contributed by atoms with E-state index < -0.39 is 3.79 Å². The summed E-state index contributed by atoms with van der Waals surface area (Å²) in [6.45, 7) is 5.42. The molecule has 102 valence electrons. The van der Waals surface area contributed by atoms with Crippen LogP contribution in [0.25, 0.3) is 6.08 Å². The van der Waals surface area contributed by atoms with Gasteiger partial charge in [0.1, 0.15) is 17.9 Å². The summed E-state index contributed by atoms with van der Waals surface area (Å²) in [5, 5.41) is 0. The van der Waals surface area contributed by atoms with E-state index in [0.29, 0.717) is 12.2 Å². The molecular weight excluding hydrogens is 309 g/mol. The van der Waals surface area contributed by atoms with Crippen LogP contribution in [0.4, 0.5) is 0 Å². The van der Waals surface area contributed by atoms with Crippen LogP contribution in [-0.4, -0.2) is 15.0 Å².